The Kier molecular flexibility index (Phi) is 20.2. The molecule has 16 nitrogen and oxygen atoms in total. The Balaban J connectivity index is 1.11. The van der Waals surface area contributed by atoms with Gasteiger partial charge in [-0.05, 0) is 167 Å². The third-order valence-corrected chi connectivity index (χ3v) is 12.1. The van der Waals surface area contributed by atoms with Gasteiger partial charge in [0.15, 0.2) is 0 Å². The molecular weight excluding hydrogens is 935 g/mol. The number of benzene rings is 5. The summed E-state index contributed by atoms with van der Waals surface area (Å²) >= 11 is 0. The zero-order valence-electron chi connectivity index (χ0n) is 43.5. The van der Waals surface area contributed by atoms with Gasteiger partial charge in [0.2, 0.25) is 17.8 Å². The van der Waals surface area contributed by atoms with Crippen molar-refractivity contribution in [2.45, 2.75) is 105 Å². The number of rotatable bonds is 25. The molecule has 16 heteroatoms. The molecule has 2 unspecified atom stereocenters. The Morgan fingerprint density at radius 3 is 1.03 bits per heavy atom. The van der Waals surface area contributed by atoms with Crippen molar-refractivity contribution < 1.29 is 33.4 Å². The molecule has 0 saturated carbocycles. The van der Waals surface area contributed by atoms with E-state index >= 15 is 0 Å². The number of anilines is 8. The quantitative estimate of drug-likeness (QED) is 0.0295. The fourth-order valence-corrected chi connectivity index (χ4v) is 7.59. The van der Waals surface area contributed by atoms with Gasteiger partial charge in [0.05, 0.1) is 24.3 Å². The van der Waals surface area contributed by atoms with Crippen molar-refractivity contribution in [3.63, 3.8) is 0 Å². The average Bonchev–Trinajstić information content (AvgIpc) is 3.39. The van der Waals surface area contributed by atoms with Gasteiger partial charge in [-0.2, -0.15) is 15.0 Å². The highest BCUT2D eigenvalue weighted by Crippen LogP contribution is 2.24. The molecule has 74 heavy (non-hydrogen) atoms. The van der Waals surface area contributed by atoms with Gasteiger partial charge in [0.25, 0.3) is 17.7 Å². The minimum atomic E-state index is -0.401. The van der Waals surface area contributed by atoms with Crippen molar-refractivity contribution in [1.82, 2.24) is 20.3 Å². The molecule has 0 saturated heterocycles. The number of nitrogens with zero attached hydrogens (tertiary/aromatic N) is 3. The smallest absolute Gasteiger partial charge is 0.338 e. The molecule has 0 aliphatic carbocycles. The number of hydrogen-bond donors (Lipinski definition) is 6. The molecule has 6 rings (SSSR count). The van der Waals surface area contributed by atoms with Crippen LogP contribution in [0.15, 0.2) is 121 Å². The van der Waals surface area contributed by atoms with E-state index in [0.717, 1.165) is 51.4 Å². The first kappa shape index (κ1) is 55.2. The molecule has 388 valence electrons. The van der Waals surface area contributed by atoms with Gasteiger partial charge in [-0.15, -0.1) is 0 Å². The first-order valence-corrected chi connectivity index (χ1v) is 25.5. The van der Waals surface area contributed by atoms with Gasteiger partial charge >= 0.3 is 11.9 Å². The zero-order valence-corrected chi connectivity index (χ0v) is 43.5. The number of esters is 2. The molecule has 0 aliphatic heterocycles. The molecule has 0 radical (unpaired) electrons. The number of nitrogens with one attached hydrogen (secondary N) is 6. The summed E-state index contributed by atoms with van der Waals surface area (Å²) in [6, 6.07) is 33.6. The van der Waals surface area contributed by atoms with Crippen LogP contribution in [0.5, 0.6) is 0 Å². The van der Waals surface area contributed by atoms with Crippen LogP contribution in [-0.4, -0.2) is 63.4 Å². The van der Waals surface area contributed by atoms with Crippen LogP contribution in [0, 0.1) is 11.8 Å². The minimum Gasteiger partial charge on any atom is -0.462 e. The molecular formula is C58H69N9O7. The second kappa shape index (κ2) is 27.1. The summed E-state index contributed by atoms with van der Waals surface area (Å²) in [5, 5.41) is 18.3. The van der Waals surface area contributed by atoms with Gasteiger partial charge in [-0.1, -0.05) is 66.2 Å². The molecule has 0 fully saturated rings. The van der Waals surface area contributed by atoms with Crippen LogP contribution >= 0.6 is 0 Å². The molecule has 1 heterocycles. The Labute approximate surface area is 434 Å². The lowest BCUT2D eigenvalue weighted by molar-refractivity contribution is 0.0419. The van der Waals surface area contributed by atoms with Crippen LogP contribution < -0.4 is 31.9 Å². The number of ether oxygens (including phenoxy) is 2. The molecule has 6 aromatic rings. The minimum absolute atomic E-state index is 0.167. The predicted octanol–water partition coefficient (Wildman–Crippen LogP) is 12.9. The van der Waals surface area contributed by atoms with E-state index in [2.05, 4.69) is 74.5 Å². The fraction of sp³-hybridized carbons (Fsp3) is 0.345. The van der Waals surface area contributed by atoms with Crippen molar-refractivity contribution >= 4 is 75.9 Å². The highest BCUT2D eigenvalue weighted by Gasteiger charge is 2.18. The van der Waals surface area contributed by atoms with E-state index in [-0.39, 0.29) is 35.6 Å². The summed E-state index contributed by atoms with van der Waals surface area (Å²) in [7, 11) is 0. The van der Waals surface area contributed by atoms with E-state index in [1.165, 1.54) is 0 Å². The predicted molar refractivity (Wildman–Crippen MR) is 292 cm³/mol. The van der Waals surface area contributed by atoms with E-state index in [1.54, 1.807) is 121 Å². The molecule has 2 atom stereocenters. The third-order valence-electron chi connectivity index (χ3n) is 12.1. The Morgan fingerprint density at radius 2 is 0.730 bits per heavy atom. The van der Waals surface area contributed by atoms with Gasteiger partial charge < -0.3 is 41.4 Å². The normalized spacial score (nSPS) is 11.9. The lowest BCUT2D eigenvalue weighted by Crippen LogP contribution is -2.40. The first-order valence-electron chi connectivity index (χ1n) is 25.5. The summed E-state index contributed by atoms with van der Waals surface area (Å²) in [6.07, 6.45) is 8.35. The van der Waals surface area contributed by atoms with E-state index < -0.39 is 17.5 Å². The maximum Gasteiger partial charge on any atom is 0.338 e. The SMILES string of the molecule is CCCCC(CC)COC(=O)c1ccc(NC(=O)c2ccc(Nc3nc(Nc4ccc(C(=O)Nc5ccc(C(=O)OCC(CC)CCCC)cc5)cc4)nc(Nc4ccc(C(=O)NC(C)(C)C)cc4)n3)cc2)cc1. The maximum atomic E-state index is 13.3. The van der Waals surface area contributed by atoms with Crippen LogP contribution in [0.25, 0.3) is 0 Å². The number of amides is 3. The number of carbonyl (C=O) groups is 5. The average molecular weight is 1000 g/mol. The molecule has 3 amide bonds. The second-order valence-corrected chi connectivity index (χ2v) is 19.2. The van der Waals surface area contributed by atoms with Crippen molar-refractivity contribution in [1.29, 1.82) is 0 Å². The van der Waals surface area contributed by atoms with Crippen LogP contribution in [0.2, 0.25) is 0 Å². The Bertz CT molecular complexity index is 2640. The largest absolute Gasteiger partial charge is 0.462 e. The topological polar surface area (TPSA) is 215 Å². The second-order valence-electron chi connectivity index (χ2n) is 19.2. The molecule has 6 N–H and O–H groups in total. The van der Waals surface area contributed by atoms with Crippen molar-refractivity contribution in [3.8, 4) is 0 Å². The zero-order chi connectivity index (χ0) is 53.0. The summed E-state index contributed by atoms with van der Waals surface area (Å²) < 4.78 is 11.2. The standard InChI is InChI=1S/C58H69N9O7/c1-8-12-14-38(10-3)36-73-53(71)43-22-32-45(33-23-43)59-50(68)40-16-26-47(27-17-40)61-55-64-56(66-57(65-55)63-49-30-20-42(21-31-49)52(70)67-58(5,6)7)62-48-28-18-41(19-29-48)51(69)60-46-34-24-44(25-35-46)54(72)74-37-39(11-4)15-13-9-2/h16-35,38-39H,8-15,36-37H2,1-7H3,(H,59,68)(H,60,69)(H,67,70)(H3,61,62,63,64,65,66). The first-order chi connectivity index (χ1) is 35.6. The third kappa shape index (κ3) is 17.3. The van der Waals surface area contributed by atoms with Crippen LogP contribution in [0.4, 0.5) is 46.3 Å². The van der Waals surface area contributed by atoms with Gasteiger partial charge in [0.1, 0.15) is 0 Å². The summed E-state index contributed by atoms with van der Waals surface area (Å²) in [5.41, 5.74) is 4.51. The van der Waals surface area contributed by atoms with E-state index in [4.69, 9.17) is 9.47 Å². The van der Waals surface area contributed by atoms with Gasteiger partial charge in [-0.25, -0.2) is 9.59 Å². The molecule has 1 aromatic heterocycles. The van der Waals surface area contributed by atoms with Crippen LogP contribution in [-0.2, 0) is 9.47 Å². The van der Waals surface area contributed by atoms with Crippen molar-refractivity contribution in [2.75, 3.05) is 39.8 Å². The van der Waals surface area contributed by atoms with Gasteiger partial charge in [-0.3, -0.25) is 14.4 Å². The molecule has 0 aliphatic rings. The summed E-state index contributed by atoms with van der Waals surface area (Å²) in [6.45, 7) is 15.0. The van der Waals surface area contributed by atoms with E-state index in [1.807, 2.05) is 20.8 Å². The van der Waals surface area contributed by atoms with Crippen LogP contribution in [0.1, 0.15) is 152 Å². The summed E-state index contributed by atoms with van der Waals surface area (Å²) in [4.78, 5) is 78.5. The van der Waals surface area contributed by atoms with Gasteiger partial charge in [0, 0.05) is 50.7 Å². The number of unbranched alkanes of at least 4 members (excludes halogenated alkanes) is 2. The number of aromatic nitrogens is 3. The number of carbonyl (C=O) groups excluding carboxylic acids is 5. The lowest BCUT2D eigenvalue weighted by Gasteiger charge is -2.20. The van der Waals surface area contributed by atoms with Crippen LogP contribution in [0.3, 0.4) is 0 Å². The van der Waals surface area contributed by atoms with E-state index in [0.29, 0.717) is 81.3 Å². The maximum absolute atomic E-state index is 13.3. The highest BCUT2D eigenvalue weighted by molar-refractivity contribution is 6.05. The molecule has 5 aromatic carbocycles. The summed E-state index contributed by atoms with van der Waals surface area (Å²) in [5.74, 6) is -0.492. The van der Waals surface area contributed by atoms with Crippen molar-refractivity contribution in [3.05, 3.63) is 149 Å². The lowest BCUT2D eigenvalue weighted by atomic mass is 10.0. The Morgan fingerprint density at radius 1 is 0.432 bits per heavy atom. The van der Waals surface area contributed by atoms with E-state index in [9.17, 15) is 24.0 Å². The monoisotopic (exact) mass is 1000 g/mol. The van der Waals surface area contributed by atoms with Crippen molar-refractivity contribution in [2.24, 2.45) is 11.8 Å². The molecule has 0 spiro atoms. The highest BCUT2D eigenvalue weighted by atomic mass is 16.5. The Hall–Kier alpha value is -8.14. The molecule has 0 bridgehead atoms. The number of hydrogen-bond acceptors (Lipinski definition) is 13. The fourth-order valence-electron chi connectivity index (χ4n) is 7.59.